The minimum absolute atomic E-state index is 0.208. The molecule has 1 aromatic carbocycles. The van der Waals surface area contributed by atoms with Crippen LogP contribution >= 0.6 is 0 Å². The smallest absolute Gasteiger partial charge is 0.0472 e. The molecule has 0 amide bonds. The second kappa shape index (κ2) is 5.76. The fourth-order valence-electron chi connectivity index (χ4n) is 1.65. The molecule has 1 aromatic rings. The van der Waals surface area contributed by atoms with Gasteiger partial charge in [-0.25, -0.2) is 0 Å². The van der Waals surface area contributed by atoms with Crippen molar-refractivity contribution in [2.45, 2.75) is 33.1 Å². The highest BCUT2D eigenvalue weighted by Gasteiger charge is 2.05. The summed E-state index contributed by atoms with van der Waals surface area (Å²) in [6.45, 7) is 7.59. The molecule has 2 heteroatoms. The largest absolute Gasteiger partial charge is 0.396 e. The van der Waals surface area contributed by atoms with Gasteiger partial charge in [0.1, 0.15) is 0 Å². The lowest BCUT2D eigenvalue weighted by Crippen LogP contribution is -2.04. The molecule has 2 nitrogen and oxygen atoms in total. The third-order valence-corrected chi connectivity index (χ3v) is 2.55. The number of hydrogen-bond donors (Lipinski definition) is 2. The van der Waals surface area contributed by atoms with Crippen molar-refractivity contribution >= 4 is 5.69 Å². The SMILES string of the molecule is CCNc1cc(C(C)C)ccc1CCO. The van der Waals surface area contributed by atoms with Gasteiger partial charge < -0.3 is 10.4 Å². The van der Waals surface area contributed by atoms with E-state index in [1.54, 1.807) is 0 Å². The second-order valence-corrected chi connectivity index (χ2v) is 4.08. The Morgan fingerprint density at radius 2 is 2.07 bits per heavy atom. The fourth-order valence-corrected chi connectivity index (χ4v) is 1.65. The average molecular weight is 207 g/mol. The maximum atomic E-state index is 8.96. The first-order chi connectivity index (χ1) is 7.19. The molecule has 0 spiro atoms. The molecule has 0 heterocycles. The number of aliphatic hydroxyl groups is 1. The van der Waals surface area contributed by atoms with Gasteiger partial charge in [0.2, 0.25) is 0 Å². The third-order valence-electron chi connectivity index (χ3n) is 2.55. The number of benzene rings is 1. The van der Waals surface area contributed by atoms with Gasteiger partial charge in [0, 0.05) is 18.8 Å². The topological polar surface area (TPSA) is 32.3 Å². The number of aliphatic hydroxyl groups excluding tert-OH is 1. The van der Waals surface area contributed by atoms with E-state index in [1.807, 2.05) is 0 Å². The summed E-state index contributed by atoms with van der Waals surface area (Å²) in [5.74, 6) is 0.547. The molecule has 0 saturated carbocycles. The molecular weight excluding hydrogens is 186 g/mol. The van der Waals surface area contributed by atoms with Crippen molar-refractivity contribution in [3.05, 3.63) is 29.3 Å². The Labute approximate surface area is 92.3 Å². The van der Waals surface area contributed by atoms with Gasteiger partial charge in [0.15, 0.2) is 0 Å². The Bertz CT molecular complexity index is 307. The van der Waals surface area contributed by atoms with Crippen LogP contribution in [0.25, 0.3) is 0 Å². The molecule has 0 unspecified atom stereocenters. The van der Waals surface area contributed by atoms with Gasteiger partial charge in [-0.05, 0) is 36.5 Å². The maximum absolute atomic E-state index is 8.96. The van der Waals surface area contributed by atoms with E-state index < -0.39 is 0 Å². The second-order valence-electron chi connectivity index (χ2n) is 4.08. The van der Waals surface area contributed by atoms with Gasteiger partial charge in [-0.1, -0.05) is 26.0 Å². The van der Waals surface area contributed by atoms with Crippen LogP contribution in [0.3, 0.4) is 0 Å². The molecule has 0 aliphatic rings. The molecule has 0 aliphatic carbocycles. The molecule has 84 valence electrons. The van der Waals surface area contributed by atoms with Crippen molar-refractivity contribution in [2.75, 3.05) is 18.5 Å². The van der Waals surface area contributed by atoms with Gasteiger partial charge >= 0.3 is 0 Å². The van der Waals surface area contributed by atoms with Gasteiger partial charge in [0.05, 0.1) is 0 Å². The van der Waals surface area contributed by atoms with Crippen molar-refractivity contribution in [1.82, 2.24) is 0 Å². The molecule has 0 bridgehead atoms. The van der Waals surface area contributed by atoms with E-state index >= 15 is 0 Å². The molecule has 1 rings (SSSR count). The van der Waals surface area contributed by atoms with Crippen molar-refractivity contribution in [2.24, 2.45) is 0 Å². The summed E-state index contributed by atoms with van der Waals surface area (Å²) >= 11 is 0. The van der Waals surface area contributed by atoms with Crippen LogP contribution in [0.5, 0.6) is 0 Å². The number of hydrogen-bond acceptors (Lipinski definition) is 2. The van der Waals surface area contributed by atoms with Gasteiger partial charge in [-0.15, -0.1) is 0 Å². The summed E-state index contributed by atoms with van der Waals surface area (Å²) in [4.78, 5) is 0. The summed E-state index contributed by atoms with van der Waals surface area (Å²) in [5, 5.41) is 12.3. The molecule has 0 fully saturated rings. The average Bonchev–Trinajstić information content (AvgIpc) is 2.21. The molecular formula is C13H21NO. The third kappa shape index (κ3) is 3.24. The van der Waals surface area contributed by atoms with Crippen molar-refractivity contribution < 1.29 is 5.11 Å². The minimum atomic E-state index is 0.208. The van der Waals surface area contributed by atoms with Crippen LogP contribution in [-0.4, -0.2) is 18.3 Å². The normalized spacial score (nSPS) is 10.7. The van der Waals surface area contributed by atoms with Crippen LogP contribution in [0.2, 0.25) is 0 Å². The lowest BCUT2D eigenvalue weighted by atomic mass is 9.99. The summed E-state index contributed by atoms with van der Waals surface area (Å²) in [6, 6.07) is 6.46. The molecule has 0 aliphatic heterocycles. The molecule has 15 heavy (non-hydrogen) atoms. The Hall–Kier alpha value is -1.02. The maximum Gasteiger partial charge on any atom is 0.0472 e. The zero-order chi connectivity index (χ0) is 11.3. The first-order valence-electron chi connectivity index (χ1n) is 5.66. The van der Waals surface area contributed by atoms with Crippen LogP contribution in [0.15, 0.2) is 18.2 Å². The first-order valence-corrected chi connectivity index (χ1v) is 5.66. The Morgan fingerprint density at radius 1 is 1.33 bits per heavy atom. The van der Waals surface area contributed by atoms with Gasteiger partial charge in [0.25, 0.3) is 0 Å². The van der Waals surface area contributed by atoms with Gasteiger partial charge in [-0.2, -0.15) is 0 Å². The van der Waals surface area contributed by atoms with E-state index in [1.165, 1.54) is 11.1 Å². The quantitative estimate of drug-likeness (QED) is 0.778. The predicted octanol–water partition coefficient (Wildman–Crippen LogP) is 2.78. The van der Waals surface area contributed by atoms with E-state index in [0.29, 0.717) is 5.92 Å². The number of rotatable bonds is 5. The highest BCUT2D eigenvalue weighted by molar-refractivity contribution is 5.54. The van der Waals surface area contributed by atoms with E-state index in [-0.39, 0.29) is 6.61 Å². The summed E-state index contributed by atoms with van der Waals surface area (Å²) in [7, 11) is 0. The molecule has 0 saturated heterocycles. The number of anilines is 1. The fraction of sp³-hybridized carbons (Fsp3) is 0.538. The van der Waals surface area contributed by atoms with Crippen LogP contribution < -0.4 is 5.32 Å². The Balaban J connectivity index is 2.97. The zero-order valence-corrected chi connectivity index (χ0v) is 9.88. The minimum Gasteiger partial charge on any atom is -0.396 e. The van der Waals surface area contributed by atoms with E-state index in [2.05, 4.69) is 44.3 Å². The van der Waals surface area contributed by atoms with E-state index in [9.17, 15) is 0 Å². The molecule has 2 N–H and O–H groups in total. The standard InChI is InChI=1S/C13H21NO/c1-4-14-13-9-12(10(2)3)6-5-11(13)7-8-15/h5-6,9-10,14-15H,4,7-8H2,1-3H3. The monoisotopic (exact) mass is 207 g/mol. The Kier molecular flexibility index (Phi) is 4.63. The van der Waals surface area contributed by atoms with Crippen molar-refractivity contribution in [3.63, 3.8) is 0 Å². The van der Waals surface area contributed by atoms with Gasteiger partial charge in [-0.3, -0.25) is 0 Å². The molecule has 0 radical (unpaired) electrons. The zero-order valence-electron chi connectivity index (χ0n) is 9.88. The van der Waals surface area contributed by atoms with Crippen LogP contribution in [-0.2, 0) is 6.42 Å². The van der Waals surface area contributed by atoms with Crippen molar-refractivity contribution in [3.8, 4) is 0 Å². The van der Waals surface area contributed by atoms with Crippen LogP contribution in [0.4, 0.5) is 5.69 Å². The van der Waals surface area contributed by atoms with E-state index in [0.717, 1.165) is 18.7 Å². The van der Waals surface area contributed by atoms with Crippen molar-refractivity contribution in [1.29, 1.82) is 0 Å². The lowest BCUT2D eigenvalue weighted by molar-refractivity contribution is 0.300. The lowest BCUT2D eigenvalue weighted by Gasteiger charge is -2.13. The molecule has 0 aromatic heterocycles. The Morgan fingerprint density at radius 3 is 2.60 bits per heavy atom. The van der Waals surface area contributed by atoms with Crippen LogP contribution in [0, 0.1) is 0 Å². The van der Waals surface area contributed by atoms with E-state index in [4.69, 9.17) is 5.11 Å². The number of nitrogens with one attached hydrogen (secondary N) is 1. The summed E-state index contributed by atoms with van der Waals surface area (Å²) in [6.07, 6.45) is 0.723. The van der Waals surface area contributed by atoms with Crippen LogP contribution in [0.1, 0.15) is 37.8 Å². The molecule has 0 atom stereocenters. The highest BCUT2D eigenvalue weighted by atomic mass is 16.2. The highest BCUT2D eigenvalue weighted by Crippen LogP contribution is 2.23. The summed E-state index contributed by atoms with van der Waals surface area (Å²) in [5.41, 5.74) is 3.70. The summed E-state index contributed by atoms with van der Waals surface area (Å²) < 4.78 is 0. The predicted molar refractivity (Wildman–Crippen MR) is 65.5 cm³/mol. The first kappa shape index (κ1) is 12.1.